The average molecular weight is 276 g/mol. The summed E-state index contributed by atoms with van der Waals surface area (Å²) in [5.74, 6) is 1.07. The first-order valence-corrected chi connectivity index (χ1v) is 6.79. The fourth-order valence-electron chi connectivity index (χ4n) is 2.41. The van der Waals surface area contributed by atoms with E-state index in [9.17, 15) is 4.79 Å². The molecule has 0 saturated carbocycles. The molecule has 0 radical (unpaired) electrons. The molecule has 3 nitrogen and oxygen atoms in total. The van der Waals surface area contributed by atoms with Crippen LogP contribution in [0.5, 0.6) is 0 Å². The second-order valence-electron chi connectivity index (χ2n) is 4.67. The van der Waals surface area contributed by atoms with Crippen molar-refractivity contribution in [1.29, 1.82) is 0 Å². The van der Waals surface area contributed by atoms with E-state index in [1.54, 1.807) is 0 Å². The van der Waals surface area contributed by atoms with E-state index in [1.807, 2.05) is 11.8 Å². The molecule has 0 bridgehead atoms. The number of hydrogen-bond acceptors (Lipinski definition) is 2. The molecular weight excluding hydrogens is 258 g/mol. The van der Waals surface area contributed by atoms with E-state index in [0.717, 1.165) is 31.3 Å². The largest absolute Gasteiger partial charge is 0.378 e. The highest BCUT2D eigenvalue weighted by molar-refractivity contribution is 9.09. The Labute approximate surface area is 99.3 Å². The predicted octanol–water partition coefficient (Wildman–Crippen LogP) is 1.65. The van der Waals surface area contributed by atoms with E-state index < -0.39 is 0 Å². The lowest BCUT2D eigenvalue weighted by atomic mass is 10.1. The van der Waals surface area contributed by atoms with Crippen LogP contribution in [0, 0.1) is 11.8 Å². The maximum atomic E-state index is 12.1. The van der Waals surface area contributed by atoms with Crippen LogP contribution in [0.15, 0.2) is 0 Å². The number of carbonyl (C=O) groups excluding carboxylic acids is 1. The Kier molecular flexibility index (Phi) is 3.67. The van der Waals surface area contributed by atoms with Gasteiger partial charge in [0.25, 0.3) is 0 Å². The first-order chi connectivity index (χ1) is 7.20. The zero-order valence-electron chi connectivity index (χ0n) is 9.12. The third-order valence-electron chi connectivity index (χ3n) is 3.36. The molecule has 0 N–H and O–H groups in total. The van der Waals surface area contributed by atoms with Crippen LogP contribution in [0.1, 0.15) is 19.8 Å². The Morgan fingerprint density at radius 3 is 2.93 bits per heavy atom. The second kappa shape index (κ2) is 4.83. The lowest BCUT2D eigenvalue weighted by Crippen LogP contribution is -2.34. The Morgan fingerprint density at radius 2 is 2.40 bits per heavy atom. The van der Waals surface area contributed by atoms with E-state index in [4.69, 9.17) is 4.74 Å². The van der Waals surface area contributed by atoms with Crippen molar-refractivity contribution in [2.45, 2.75) is 25.9 Å². The van der Waals surface area contributed by atoms with Gasteiger partial charge in [-0.05, 0) is 25.7 Å². The van der Waals surface area contributed by atoms with Gasteiger partial charge in [-0.1, -0.05) is 15.9 Å². The molecule has 86 valence electrons. The van der Waals surface area contributed by atoms with Crippen molar-refractivity contribution in [3.63, 3.8) is 0 Å². The first kappa shape index (κ1) is 11.4. The molecule has 2 fully saturated rings. The van der Waals surface area contributed by atoms with Crippen molar-refractivity contribution in [3.05, 3.63) is 0 Å². The Bertz CT molecular complexity index is 247. The highest BCUT2D eigenvalue weighted by Crippen LogP contribution is 2.25. The van der Waals surface area contributed by atoms with Crippen LogP contribution in [-0.4, -0.2) is 41.9 Å². The van der Waals surface area contributed by atoms with Crippen molar-refractivity contribution in [2.75, 3.05) is 25.0 Å². The van der Waals surface area contributed by atoms with Crippen molar-refractivity contribution in [2.24, 2.45) is 11.8 Å². The lowest BCUT2D eigenvalue weighted by molar-refractivity contribution is -0.134. The molecule has 2 saturated heterocycles. The molecule has 3 atom stereocenters. The normalized spacial score (nSPS) is 36.1. The molecular formula is C11H18BrNO2. The van der Waals surface area contributed by atoms with E-state index in [1.165, 1.54) is 0 Å². The number of amides is 1. The summed E-state index contributed by atoms with van der Waals surface area (Å²) >= 11 is 3.48. The molecule has 4 heteroatoms. The zero-order chi connectivity index (χ0) is 10.8. The molecule has 0 aromatic rings. The topological polar surface area (TPSA) is 29.5 Å². The molecule has 2 aliphatic rings. The smallest absolute Gasteiger partial charge is 0.228 e. The van der Waals surface area contributed by atoms with Gasteiger partial charge in [0.05, 0.1) is 18.6 Å². The SMILES string of the molecule is CC1CC(C(=O)N2CCC(CBr)C2)CO1. The van der Waals surface area contributed by atoms with E-state index in [-0.39, 0.29) is 12.0 Å². The highest BCUT2D eigenvalue weighted by atomic mass is 79.9. The Hall–Kier alpha value is -0.0900. The molecule has 2 rings (SSSR count). The molecule has 2 aliphatic heterocycles. The standard InChI is InChI=1S/C11H18BrNO2/c1-8-4-10(7-15-8)11(14)13-3-2-9(5-12)6-13/h8-10H,2-7H2,1H3. The summed E-state index contributed by atoms with van der Waals surface area (Å²) in [7, 11) is 0. The van der Waals surface area contributed by atoms with E-state index in [2.05, 4.69) is 15.9 Å². The van der Waals surface area contributed by atoms with E-state index >= 15 is 0 Å². The van der Waals surface area contributed by atoms with Crippen LogP contribution in [0.4, 0.5) is 0 Å². The number of likely N-dealkylation sites (tertiary alicyclic amines) is 1. The fraction of sp³-hybridized carbons (Fsp3) is 0.909. The van der Waals surface area contributed by atoms with Crippen molar-refractivity contribution in [1.82, 2.24) is 4.90 Å². The predicted molar refractivity (Wildman–Crippen MR) is 62.0 cm³/mol. The van der Waals surface area contributed by atoms with Gasteiger partial charge in [0.1, 0.15) is 0 Å². The Morgan fingerprint density at radius 1 is 1.60 bits per heavy atom. The fourth-order valence-corrected chi connectivity index (χ4v) is 2.93. The van der Waals surface area contributed by atoms with Crippen LogP contribution < -0.4 is 0 Å². The first-order valence-electron chi connectivity index (χ1n) is 5.67. The van der Waals surface area contributed by atoms with Crippen LogP contribution in [-0.2, 0) is 9.53 Å². The van der Waals surface area contributed by atoms with Gasteiger partial charge in [0.15, 0.2) is 0 Å². The minimum absolute atomic E-state index is 0.120. The zero-order valence-corrected chi connectivity index (χ0v) is 10.7. The summed E-state index contributed by atoms with van der Waals surface area (Å²) < 4.78 is 5.44. The van der Waals surface area contributed by atoms with Crippen molar-refractivity contribution < 1.29 is 9.53 Å². The number of ether oxygens (including phenoxy) is 1. The minimum atomic E-state index is 0.120. The maximum Gasteiger partial charge on any atom is 0.228 e. The molecule has 1 amide bonds. The summed E-state index contributed by atoms with van der Waals surface area (Å²) in [6.45, 7) is 4.52. The number of nitrogens with zero attached hydrogens (tertiary/aromatic N) is 1. The molecule has 15 heavy (non-hydrogen) atoms. The second-order valence-corrected chi connectivity index (χ2v) is 5.32. The molecule has 2 heterocycles. The van der Waals surface area contributed by atoms with Gasteiger partial charge < -0.3 is 9.64 Å². The van der Waals surface area contributed by atoms with Gasteiger partial charge in [0, 0.05) is 18.4 Å². The molecule has 0 aliphatic carbocycles. The molecule has 3 unspecified atom stereocenters. The monoisotopic (exact) mass is 275 g/mol. The number of hydrogen-bond donors (Lipinski definition) is 0. The quantitative estimate of drug-likeness (QED) is 0.718. The van der Waals surface area contributed by atoms with Gasteiger partial charge >= 0.3 is 0 Å². The summed E-state index contributed by atoms with van der Waals surface area (Å²) in [4.78, 5) is 14.1. The average Bonchev–Trinajstić information content (AvgIpc) is 2.84. The molecule has 0 aromatic carbocycles. The van der Waals surface area contributed by atoms with E-state index in [0.29, 0.717) is 18.4 Å². The third kappa shape index (κ3) is 2.53. The van der Waals surface area contributed by atoms with Gasteiger partial charge in [-0.2, -0.15) is 0 Å². The van der Waals surface area contributed by atoms with Crippen molar-refractivity contribution >= 4 is 21.8 Å². The van der Waals surface area contributed by atoms with Gasteiger partial charge in [-0.3, -0.25) is 4.79 Å². The van der Waals surface area contributed by atoms with Gasteiger partial charge in [-0.15, -0.1) is 0 Å². The summed E-state index contributed by atoms with van der Waals surface area (Å²) in [6, 6.07) is 0. The number of rotatable bonds is 2. The third-order valence-corrected chi connectivity index (χ3v) is 4.28. The summed E-state index contributed by atoms with van der Waals surface area (Å²) in [6.07, 6.45) is 2.29. The number of alkyl halides is 1. The number of carbonyl (C=O) groups is 1. The van der Waals surface area contributed by atoms with Gasteiger partial charge in [-0.25, -0.2) is 0 Å². The van der Waals surface area contributed by atoms with Crippen LogP contribution >= 0.6 is 15.9 Å². The molecule has 0 aromatic heterocycles. The van der Waals surface area contributed by atoms with Crippen molar-refractivity contribution in [3.8, 4) is 0 Å². The molecule has 0 spiro atoms. The maximum absolute atomic E-state index is 12.1. The van der Waals surface area contributed by atoms with Crippen LogP contribution in [0.25, 0.3) is 0 Å². The Balaban J connectivity index is 1.86. The highest BCUT2D eigenvalue weighted by Gasteiger charge is 2.34. The van der Waals surface area contributed by atoms with Crippen LogP contribution in [0.2, 0.25) is 0 Å². The summed E-state index contributed by atoms with van der Waals surface area (Å²) in [5, 5.41) is 1.01. The van der Waals surface area contributed by atoms with Crippen LogP contribution in [0.3, 0.4) is 0 Å². The summed E-state index contributed by atoms with van der Waals surface area (Å²) in [5.41, 5.74) is 0. The number of halogens is 1. The van der Waals surface area contributed by atoms with Gasteiger partial charge in [0.2, 0.25) is 5.91 Å². The minimum Gasteiger partial charge on any atom is -0.378 e. The lowest BCUT2D eigenvalue weighted by Gasteiger charge is -2.19.